The van der Waals surface area contributed by atoms with E-state index in [9.17, 15) is 9.59 Å². The van der Waals surface area contributed by atoms with E-state index in [1.54, 1.807) is 0 Å². The molecule has 2 aromatic rings. The van der Waals surface area contributed by atoms with Crippen molar-refractivity contribution >= 4 is 23.4 Å². The van der Waals surface area contributed by atoms with Crippen molar-refractivity contribution in [2.75, 3.05) is 45.8 Å². The zero-order valence-corrected chi connectivity index (χ0v) is 26.2. The minimum absolute atomic E-state index is 0.0212. The molecule has 232 valence electrons. The fraction of sp³-hybridized carbons (Fsp3) is 0.600. The summed E-state index contributed by atoms with van der Waals surface area (Å²) < 4.78 is 0. The maximum Gasteiger partial charge on any atom is 0.245 e. The molecule has 7 nitrogen and oxygen atoms in total. The second-order valence-electron chi connectivity index (χ2n) is 13.1. The van der Waals surface area contributed by atoms with Crippen LogP contribution in [0.3, 0.4) is 0 Å². The van der Waals surface area contributed by atoms with Crippen molar-refractivity contribution in [3.05, 3.63) is 70.2 Å². The van der Waals surface area contributed by atoms with E-state index < -0.39 is 6.04 Å². The molecule has 3 fully saturated rings. The predicted octanol–water partition coefficient (Wildman–Crippen LogP) is 4.27. The molecule has 8 heteroatoms. The number of carbonyl (C=O) groups is 2. The Morgan fingerprint density at radius 2 is 1.56 bits per heavy atom. The van der Waals surface area contributed by atoms with Gasteiger partial charge in [0.15, 0.2) is 0 Å². The van der Waals surface area contributed by atoms with Gasteiger partial charge >= 0.3 is 0 Å². The molecule has 0 radical (unpaired) electrons. The smallest absolute Gasteiger partial charge is 0.245 e. The van der Waals surface area contributed by atoms with E-state index in [4.69, 9.17) is 11.6 Å². The largest absolute Gasteiger partial charge is 0.343 e. The lowest BCUT2D eigenvalue weighted by Crippen LogP contribution is -2.60. The van der Waals surface area contributed by atoms with Crippen LogP contribution in [0.25, 0.3) is 0 Å². The molecule has 3 atom stereocenters. The molecule has 2 saturated heterocycles. The van der Waals surface area contributed by atoms with Crippen LogP contribution in [0, 0.1) is 5.92 Å². The molecule has 3 heterocycles. The lowest BCUT2D eigenvalue weighted by Gasteiger charge is -2.45. The number of hydrogen-bond donors (Lipinski definition) is 2. The number of hydrogen-bond acceptors (Lipinski definition) is 5. The summed E-state index contributed by atoms with van der Waals surface area (Å²) in [5.41, 5.74) is 3.42. The molecule has 6 rings (SSSR count). The second kappa shape index (κ2) is 14.6. The van der Waals surface area contributed by atoms with Crippen molar-refractivity contribution < 1.29 is 9.59 Å². The van der Waals surface area contributed by atoms with Gasteiger partial charge in [0, 0.05) is 56.8 Å². The maximum absolute atomic E-state index is 14.1. The Kier molecular flexibility index (Phi) is 10.3. The summed E-state index contributed by atoms with van der Waals surface area (Å²) in [6.45, 7) is 7.53. The summed E-state index contributed by atoms with van der Waals surface area (Å²) in [4.78, 5) is 35.0. The third kappa shape index (κ3) is 7.80. The van der Waals surface area contributed by atoms with E-state index in [0.29, 0.717) is 43.5 Å². The second-order valence-corrected chi connectivity index (χ2v) is 13.6. The molecular weight excluding hydrogens is 558 g/mol. The van der Waals surface area contributed by atoms with Crippen LogP contribution in [-0.2, 0) is 29.0 Å². The van der Waals surface area contributed by atoms with Gasteiger partial charge in [-0.3, -0.25) is 14.5 Å². The highest BCUT2D eigenvalue weighted by molar-refractivity contribution is 6.30. The fourth-order valence-corrected chi connectivity index (χ4v) is 7.90. The molecule has 1 saturated carbocycles. The Balaban J connectivity index is 1.11. The number of carbonyl (C=O) groups excluding carboxylic acids is 2. The minimum Gasteiger partial charge on any atom is -0.343 e. The van der Waals surface area contributed by atoms with Crippen molar-refractivity contribution in [3.8, 4) is 0 Å². The number of nitrogens with zero attached hydrogens (tertiary/aromatic N) is 3. The molecule has 2 aromatic carbocycles. The average Bonchev–Trinajstić information content (AvgIpc) is 3.58. The average molecular weight is 606 g/mol. The van der Waals surface area contributed by atoms with Gasteiger partial charge in [-0.05, 0) is 79.9 Å². The van der Waals surface area contributed by atoms with E-state index in [0.717, 1.165) is 24.6 Å². The third-order valence-electron chi connectivity index (χ3n) is 10.3. The molecule has 4 aliphatic rings. The Morgan fingerprint density at radius 1 is 0.860 bits per heavy atom. The number of fused-ring (bicyclic) bond motifs is 1. The third-order valence-corrected chi connectivity index (χ3v) is 10.6. The normalized spacial score (nSPS) is 23.5. The van der Waals surface area contributed by atoms with Crippen LogP contribution in [0.15, 0.2) is 48.5 Å². The summed E-state index contributed by atoms with van der Waals surface area (Å²) >= 11 is 6.15. The van der Waals surface area contributed by atoms with Crippen LogP contribution >= 0.6 is 11.6 Å². The molecule has 2 amide bonds. The highest BCUT2D eigenvalue weighted by atomic mass is 35.5. The SMILES string of the molecule is O=C(NC(Cc1ccc(Cl)cc1)C(=O)N1CCN(C(CN2CCCC2)C2CCCCC2)CC1)C1Cc2ccccc2CN1. The molecule has 3 aliphatic heterocycles. The van der Waals surface area contributed by atoms with Crippen molar-refractivity contribution in [2.24, 2.45) is 5.92 Å². The minimum atomic E-state index is -0.613. The monoisotopic (exact) mass is 605 g/mol. The standard InChI is InChI=1S/C35H48ClN5O2/c36-30-14-12-26(13-15-30)22-32(38-34(42)31-23-28-10-4-5-11-29(28)24-37-31)35(43)41-20-18-40(19-21-41)33(25-39-16-6-7-17-39)27-8-2-1-3-9-27/h4-5,10-15,27,31-33,37H,1-3,6-9,16-25H2,(H,38,42). The molecule has 0 bridgehead atoms. The highest BCUT2D eigenvalue weighted by Gasteiger charge is 2.36. The summed E-state index contributed by atoms with van der Waals surface area (Å²) in [7, 11) is 0. The van der Waals surface area contributed by atoms with Gasteiger partial charge in [0.25, 0.3) is 0 Å². The number of likely N-dealkylation sites (tertiary alicyclic amines) is 1. The number of piperazine rings is 1. The lowest BCUT2D eigenvalue weighted by molar-refractivity contribution is -0.139. The van der Waals surface area contributed by atoms with Gasteiger partial charge in [-0.15, -0.1) is 0 Å². The van der Waals surface area contributed by atoms with Gasteiger partial charge < -0.3 is 20.4 Å². The summed E-state index contributed by atoms with van der Waals surface area (Å²) in [5.74, 6) is 0.679. The van der Waals surface area contributed by atoms with E-state index >= 15 is 0 Å². The van der Waals surface area contributed by atoms with Gasteiger partial charge in [0.2, 0.25) is 11.8 Å². The van der Waals surface area contributed by atoms with Gasteiger partial charge in [-0.25, -0.2) is 0 Å². The zero-order valence-electron chi connectivity index (χ0n) is 25.5. The first-order valence-electron chi connectivity index (χ1n) is 16.6. The van der Waals surface area contributed by atoms with Crippen LogP contribution in [0.5, 0.6) is 0 Å². The molecule has 1 aliphatic carbocycles. The summed E-state index contributed by atoms with van der Waals surface area (Å²) in [5, 5.41) is 7.21. The number of nitrogens with one attached hydrogen (secondary N) is 2. The first-order chi connectivity index (χ1) is 21.0. The van der Waals surface area contributed by atoms with Gasteiger partial charge in [0.1, 0.15) is 6.04 Å². The Morgan fingerprint density at radius 3 is 2.28 bits per heavy atom. The van der Waals surface area contributed by atoms with Crippen molar-refractivity contribution in [1.29, 1.82) is 0 Å². The zero-order chi connectivity index (χ0) is 29.6. The predicted molar refractivity (Wildman–Crippen MR) is 172 cm³/mol. The molecule has 0 spiro atoms. The van der Waals surface area contributed by atoms with E-state index in [2.05, 4.69) is 32.6 Å². The first kappa shape index (κ1) is 30.6. The van der Waals surface area contributed by atoms with Crippen LogP contribution in [0.4, 0.5) is 0 Å². The van der Waals surface area contributed by atoms with E-state index in [-0.39, 0.29) is 17.9 Å². The van der Waals surface area contributed by atoms with Gasteiger partial charge in [-0.2, -0.15) is 0 Å². The number of halogens is 1. The Bertz CT molecular complexity index is 1220. The van der Waals surface area contributed by atoms with E-state index in [1.165, 1.54) is 75.7 Å². The Labute approximate surface area is 262 Å². The van der Waals surface area contributed by atoms with Crippen molar-refractivity contribution in [3.63, 3.8) is 0 Å². The molecule has 3 unspecified atom stereocenters. The summed E-state index contributed by atoms with van der Waals surface area (Å²) in [6, 6.07) is 15.5. The van der Waals surface area contributed by atoms with Crippen LogP contribution in [0.1, 0.15) is 61.6 Å². The fourth-order valence-electron chi connectivity index (χ4n) is 7.77. The van der Waals surface area contributed by atoms with Crippen LogP contribution < -0.4 is 10.6 Å². The number of rotatable bonds is 9. The molecule has 2 N–H and O–H groups in total. The van der Waals surface area contributed by atoms with Crippen molar-refractivity contribution in [1.82, 2.24) is 25.3 Å². The van der Waals surface area contributed by atoms with Crippen molar-refractivity contribution in [2.45, 2.75) is 82.5 Å². The lowest BCUT2D eigenvalue weighted by atomic mass is 9.82. The van der Waals surface area contributed by atoms with Gasteiger partial charge in [0.05, 0.1) is 6.04 Å². The summed E-state index contributed by atoms with van der Waals surface area (Å²) in [6.07, 6.45) is 10.5. The van der Waals surface area contributed by atoms with Crippen LogP contribution in [-0.4, -0.2) is 90.5 Å². The van der Waals surface area contributed by atoms with Crippen LogP contribution in [0.2, 0.25) is 5.02 Å². The Hall–Kier alpha value is -2.45. The molecule has 43 heavy (non-hydrogen) atoms. The number of benzene rings is 2. The quantitative estimate of drug-likeness (QED) is 0.447. The number of amides is 2. The van der Waals surface area contributed by atoms with E-state index in [1.807, 2.05) is 41.3 Å². The first-order valence-corrected chi connectivity index (χ1v) is 17.0. The maximum atomic E-state index is 14.1. The molecule has 0 aromatic heterocycles. The highest BCUT2D eigenvalue weighted by Crippen LogP contribution is 2.31. The topological polar surface area (TPSA) is 67.9 Å². The molecular formula is C35H48ClN5O2. The van der Waals surface area contributed by atoms with Gasteiger partial charge in [-0.1, -0.05) is 67.3 Å².